The standard InChI is InChI=1S/C24H30O4/c1-16-11-13-23(3,24(4)12-5-6-17(24)2)15-21(16)28-22(27)10-8-18-7-9-19(25)20(26)14-18/h7-11,14,21,25-26H,2,5-6,12-13,15H2,1,3-4H3/t21-,23-,24-/m0/s1. The summed E-state index contributed by atoms with van der Waals surface area (Å²) in [6, 6.07) is 4.40. The number of carbonyl (C=O) groups excluding carboxylic acids is 1. The van der Waals surface area contributed by atoms with Crippen molar-refractivity contribution < 1.29 is 19.7 Å². The first-order valence-corrected chi connectivity index (χ1v) is 9.90. The van der Waals surface area contributed by atoms with Gasteiger partial charge in [-0.3, -0.25) is 0 Å². The number of benzene rings is 1. The summed E-state index contributed by atoms with van der Waals surface area (Å²) < 4.78 is 5.78. The van der Waals surface area contributed by atoms with Crippen LogP contribution in [0.4, 0.5) is 0 Å². The lowest BCUT2D eigenvalue weighted by atomic mass is 9.57. The van der Waals surface area contributed by atoms with Crippen LogP contribution in [0, 0.1) is 10.8 Å². The Bertz CT molecular complexity index is 850. The molecule has 0 saturated heterocycles. The molecule has 0 spiro atoms. The van der Waals surface area contributed by atoms with Crippen LogP contribution < -0.4 is 0 Å². The van der Waals surface area contributed by atoms with Gasteiger partial charge >= 0.3 is 5.97 Å². The van der Waals surface area contributed by atoms with E-state index < -0.39 is 5.97 Å². The molecular formula is C24H30O4. The lowest BCUT2D eigenvalue weighted by molar-refractivity contribution is -0.143. The van der Waals surface area contributed by atoms with Crippen LogP contribution in [0.5, 0.6) is 11.5 Å². The SMILES string of the molecule is C=C1CCC[C@]1(C)[C@@]1(C)CC=C(C)[C@@H](OC(=O)C=Cc2ccc(O)c(O)c2)C1. The van der Waals surface area contributed by atoms with E-state index >= 15 is 0 Å². The second-order valence-electron chi connectivity index (χ2n) is 8.71. The normalized spacial score (nSPS) is 30.5. The van der Waals surface area contributed by atoms with Gasteiger partial charge in [0.25, 0.3) is 0 Å². The maximum atomic E-state index is 12.4. The summed E-state index contributed by atoms with van der Waals surface area (Å²) in [5, 5.41) is 18.9. The van der Waals surface area contributed by atoms with E-state index in [1.165, 1.54) is 30.2 Å². The molecule has 0 heterocycles. The number of esters is 1. The summed E-state index contributed by atoms with van der Waals surface area (Å²) in [7, 11) is 0. The zero-order valence-corrected chi connectivity index (χ0v) is 17.0. The summed E-state index contributed by atoms with van der Waals surface area (Å²) in [5.41, 5.74) is 3.13. The van der Waals surface area contributed by atoms with Crippen molar-refractivity contribution in [1.82, 2.24) is 0 Å². The molecule has 0 bridgehead atoms. The lowest BCUT2D eigenvalue weighted by Gasteiger charge is -2.49. The minimum Gasteiger partial charge on any atom is -0.504 e. The highest BCUT2D eigenvalue weighted by atomic mass is 16.5. The fourth-order valence-corrected chi connectivity index (χ4v) is 4.58. The summed E-state index contributed by atoms with van der Waals surface area (Å²) >= 11 is 0. The lowest BCUT2D eigenvalue weighted by Crippen LogP contribution is -2.42. The molecule has 4 nitrogen and oxygen atoms in total. The van der Waals surface area contributed by atoms with Crippen LogP contribution in [0.1, 0.15) is 58.4 Å². The number of hydrogen-bond donors (Lipinski definition) is 2. The van der Waals surface area contributed by atoms with Crippen LogP contribution in [0.25, 0.3) is 6.08 Å². The third-order valence-corrected chi connectivity index (χ3v) is 6.96. The minimum atomic E-state index is -0.412. The van der Waals surface area contributed by atoms with Crippen LogP contribution in [-0.2, 0) is 9.53 Å². The smallest absolute Gasteiger partial charge is 0.331 e. The summed E-state index contributed by atoms with van der Waals surface area (Å²) in [6.07, 6.45) is 10.1. The molecular weight excluding hydrogens is 352 g/mol. The molecule has 0 amide bonds. The molecule has 1 aromatic carbocycles. The van der Waals surface area contributed by atoms with Crippen LogP contribution in [0.3, 0.4) is 0 Å². The largest absolute Gasteiger partial charge is 0.504 e. The van der Waals surface area contributed by atoms with Crippen molar-refractivity contribution >= 4 is 12.0 Å². The molecule has 2 N–H and O–H groups in total. The maximum absolute atomic E-state index is 12.4. The first kappa shape index (κ1) is 20.2. The summed E-state index contributed by atoms with van der Waals surface area (Å²) in [5.74, 6) is -0.823. The average molecular weight is 383 g/mol. The van der Waals surface area contributed by atoms with Crippen molar-refractivity contribution in [1.29, 1.82) is 0 Å². The van der Waals surface area contributed by atoms with Gasteiger partial charge in [0, 0.05) is 6.08 Å². The fourth-order valence-electron chi connectivity index (χ4n) is 4.58. The monoisotopic (exact) mass is 382 g/mol. The number of ether oxygens (including phenoxy) is 1. The van der Waals surface area contributed by atoms with Crippen molar-refractivity contribution in [3.8, 4) is 11.5 Å². The Morgan fingerprint density at radius 1 is 1.29 bits per heavy atom. The molecule has 1 aromatic rings. The topological polar surface area (TPSA) is 66.8 Å². The van der Waals surface area contributed by atoms with Crippen LogP contribution in [-0.4, -0.2) is 22.3 Å². The second-order valence-corrected chi connectivity index (χ2v) is 8.71. The number of allylic oxidation sites excluding steroid dienone is 2. The van der Waals surface area contributed by atoms with Crippen molar-refractivity contribution in [2.75, 3.05) is 0 Å². The Labute approximate surface area is 167 Å². The number of rotatable bonds is 4. The molecule has 4 heteroatoms. The van der Waals surface area contributed by atoms with Gasteiger partial charge in [-0.1, -0.05) is 38.1 Å². The molecule has 0 radical (unpaired) electrons. The van der Waals surface area contributed by atoms with E-state index in [2.05, 4.69) is 26.5 Å². The summed E-state index contributed by atoms with van der Waals surface area (Å²) in [4.78, 5) is 12.4. The molecule has 28 heavy (non-hydrogen) atoms. The average Bonchev–Trinajstić information content (AvgIpc) is 3.00. The first-order chi connectivity index (χ1) is 13.1. The van der Waals surface area contributed by atoms with Crippen molar-refractivity contribution in [2.45, 2.75) is 59.0 Å². The van der Waals surface area contributed by atoms with E-state index in [-0.39, 0.29) is 28.4 Å². The van der Waals surface area contributed by atoms with Gasteiger partial charge in [0.15, 0.2) is 11.5 Å². The van der Waals surface area contributed by atoms with Gasteiger partial charge in [-0.05, 0) is 79.2 Å². The molecule has 1 saturated carbocycles. The zero-order valence-electron chi connectivity index (χ0n) is 17.0. The molecule has 3 atom stereocenters. The number of hydrogen-bond acceptors (Lipinski definition) is 4. The van der Waals surface area contributed by atoms with Crippen LogP contribution >= 0.6 is 0 Å². The van der Waals surface area contributed by atoms with Crippen molar-refractivity contribution in [3.05, 3.63) is 53.6 Å². The van der Waals surface area contributed by atoms with E-state index in [1.807, 2.05) is 6.92 Å². The highest BCUT2D eigenvalue weighted by Gasteiger charge is 2.50. The highest BCUT2D eigenvalue weighted by Crippen LogP contribution is 2.59. The molecule has 0 aliphatic heterocycles. The number of phenolic OH excluding ortho intramolecular Hbond substituents is 2. The third-order valence-electron chi connectivity index (χ3n) is 6.96. The van der Waals surface area contributed by atoms with Crippen LogP contribution in [0.15, 0.2) is 48.1 Å². The third kappa shape index (κ3) is 3.73. The van der Waals surface area contributed by atoms with Gasteiger partial charge in [-0.25, -0.2) is 4.79 Å². The number of carbonyl (C=O) groups is 1. The quantitative estimate of drug-likeness (QED) is 0.312. The van der Waals surface area contributed by atoms with Gasteiger partial charge in [-0.2, -0.15) is 0 Å². The Morgan fingerprint density at radius 3 is 2.68 bits per heavy atom. The molecule has 2 aliphatic rings. The Balaban J connectivity index is 1.70. The fraction of sp³-hybridized carbons (Fsp3) is 0.458. The van der Waals surface area contributed by atoms with Gasteiger partial charge in [0.05, 0.1) is 0 Å². The van der Waals surface area contributed by atoms with Gasteiger partial charge in [0.2, 0.25) is 0 Å². The molecule has 150 valence electrons. The first-order valence-electron chi connectivity index (χ1n) is 9.90. The van der Waals surface area contributed by atoms with Crippen LogP contribution in [0.2, 0.25) is 0 Å². The second kappa shape index (κ2) is 7.50. The predicted octanol–water partition coefficient (Wildman–Crippen LogP) is 5.52. The molecule has 3 rings (SSSR count). The predicted molar refractivity (Wildman–Crippen MR) is 111 cm³/mol. The van der Waals surface area contributed by atoms with E-state index in [0.717, 1.165) is 31.3 Å². The van der Waals surface area contributed by atoms with Gasteiger partial charge in [-0.15, -0.1) is 0 Å². The van der Waals surface area contributed by atoms with E-state index in [9.17, 15) is 15.0 Å². The van der Waals surface area contributed by atoms with E-state index in [0.29, 0.717) is 5.56 Å². The van der Waals surface area contributed by atoms with Gasteiger partial charge < -0.3 is 14.9 Å². The van der Waals surface area contributed by atoms with E-state index in [1.54, 1.807) is 12.1 Å². The van der Waals surface area contributed by atoms with Crippen molar-refractivity contribution in [2.24, 2.45) is 10.8 Å². The summed E-state index contributed by atoms with van der Waals surface area (Å²) in [6.45, 7) is 11.0. The molecule has 1 fully saturated rings. The van der Waals surface area contributed by atoms with E-state index in [4.69, 9.17) is 4.74 Å². The number of aromatic hydroxyl groups is 2. The molecule has 0 aromatic heterocycles. The Hall–Kier alpha value is -2.49. The highest BCUT2D eigenvalue weighted by molar-refractivity contribution is 5.87. The molecule has 2 aliphatic carbocycles. The zero-order chi connectivity index (χ0) is 20.5. The van der Waals surface area contributed by atoms with Crippen molar-refractivity contribution in [3.63, 3.8) is 0 Å². The number of phenols is 2. The van der Waals surface area contributed by atoms with Gasteiger partial charge in [0.1, 0.15) is 6.10 Å². The molecule has 0 unspecified atom stereocenters. The Kier molecular flexibility index (Phi) is 5.42. The minimum absolute atomic E-state index is 0.0253. The maximum Gasteiger partial charge on any atom is 0.331 e. The Morgan fingerprint density at radius 2 is 2.04 bits per heavy atom.